The lowest BCUT2D eigenvalue weighted by Crippen LogP contribution is -2.19. The van der Waals surface area contributed by atoms with E-state index in [0.29, 0.717) is 12.3 Å². The molecule has 0 saturated heterocycles. The van der Waals surface area contributed by atoms with Gasteiger partial charge in [0, 0.05) is 13.0 Å². The van der Waals surface area contributed by atoms with E-state index in [9.17, 15) is 4.79 Å². The minimum Gasteiger partial charge on any atom is -0.273 e. The Balaban J connectivity index is 2.00. The second kappa shape index (κ2) is 3.74. The molecule has 0 unspecified atom stereocenters. The smallest absolute Gasteiger partial charge is 0.241 e. The lowest BCUT2D eigenvalue weighted by atomic mass is 10.1. The number of hydrogen-bond acceptors (Lipinski definition) is 1. The third-order valence-corrected chi connectivity index (χ3v) is 1.81. The van der Waals surface area contributed by atoms with Crippen molar-refractivity contribution >= 4 is 5.91 Å². The van der Waals surface area contributed by atoms with Gasteiger partial charge in [0.25, 0.3) is 0 Å². The van der Waals surface area contributed by atoms with Crippen molar-refractivity contribution in [1.82, 2.24) is 5.32 Å². The molecule has 1 saturated carbocycles. The van der Waals surface area contributed by atoms with Gasteiger partial charge in [-0.15, -0.1) is 0 Å². The first-order chi connectivity index (χ1) is 5.18. The molecule has 63 valence electrons. The molecule has 1 aliphatic carbocycles. The molecule has 1 rings (SSSR count). The molecule has 11 heavy (non-hydrogen) atoms. The van der Waals surface area contributed by atoms with Gasteiger partial charge in [-0.3, -0.25) is 10.1 Å². The second-order valence-corrected chi connectivity index (χ2v) is 3.78. The fraction of sp³-hybridized carbons (Fsp3) is 0.889. The average molecular weight is 154 g/mol. The van der Waals surface area contributed by atoms with Crippen LogP contribution in [0, 0.1) is 11.8 Å². The number of nitrogens with zero attached hydrogens (tertiary/aromatic N) is 1. The van der Waals surface area contributed by atoms with Gasteiger partial charge in [-0.2, -0.15) is 0 Å². The Morgan fingerprint density at radius 1 is 1.55 bits per heavy atom. The fourth-order valence-corrected chi connectivity index (χ4v) is 0.945. The first-order valence-electron chi connectivity index (χ1n) is 4.39. The van der Waals surface area contributed by atoms with Crippen LogP contribution in [0.4, 0.5) is 0 Å². The molecule has 0 heterocycles. The Hall–Kier alpha value is -0.530. The highest BCUT2D eigenvalue weighted by molar-refractivity contribution is 5.75. The quantitative estimate of drug-likeness (QED) is 0.604. The Morgan fingerprint density at radius 3 is 2.64 bits per heavy atom. The summed E-state index contributed by atoms with van der Waals surface area (Å²) in [6.07, 6.45) is 3.17. The Morgan fingerprint density at radius 2 is 2.18 bits per heavy atom. The molecule has 1 amide bonds. The predicted octanol–water partition coefficient (Wildman–Crippen LogP) is 1.57. The minimum absolute atomic E-state index is 0.0897. The number of carbonyl (C=O) groups is 1. The van der Waals surface area contributed by atoms with Crippen LogP contribution in [0.25, 0.3) is 0 Å². The van der Waals surface area contributed by atoms with Gasteiger partial charge in [0.05, 0.1) is 0 Å². The van der Waals surface area contributed by atoms with Gasteiger partial charge in [-0.1, -0.05) is 13.8 Å². The number of rotatable bonds is 4. The van der Waals surface area contributed by atoms with E-state index in [2.05, 4.69) is 5.32 Å². The van der Waals surface area contributed by atoms with Crippen LogP contribution in [0.5, 0.6) is 0 Å². The molecular weight excluding hydrogens is 138 g/mol. The van der Waals surface area contributed by atoms with Crippen LogP contribution in [-0.2, 0) is 4.79 Å². The van der Waals surface area contributed by atoms with E-state index in [4.69, 9.17) is 0 Å². The van der Waals surface area contributed by atoms with Crippen LogP contribution in [0.15, 0.2) is 0 Å². The van der Waals surface area contributed by atoms with E-state index in [-0.39, 0.29) is 5.91 Å². The molecule has 2 nitrogen and oxygen atoms in total. The van der Waals surface area contributed by atoms with Crippen LogP contribution in [0.1, 0.15) is 33.1 Å². The highest BCUT2D eigenvalue weighted by atomic mass is 16.1. The second-order valence-electron chi connectivity index (χ2n) is 3.78. The molecule has 1 fully saturated rings. The van der Waals surface area contributed by atoms with Crippen LogP contribution in [0.3, 0.4) is 0 Å². The molecule has 0 spiro atoms. The van der Waals surface area contributed by atoms with Crippen LogP contribution >= 0.6 is 0 Å². The Kier molecular flexibility index (Phi) is 2.92. The lowest BCUT2D eigenvalue weighted by molar-refractivity contribution is -0.122. The lowest BCUT2D eigenvalue weighted by Gasteiger charge is -2.02. The highest BCUT2D eigenvalue weighted by Gasteiger charge is 2.22. The molecule has 2 heteroatoms. The summed E-state index contributed by atoms with van der Waals surface area (Å²) < 4.78 is 0. The van der Waals surface area contributed by atoms with Crippen LogP contribution < -0.4 is 5.32 Å². The zero-order valence-corrected chi connectivity index (χ0v) is 7.34. The molecule has 0 aromatic heterocycles. The molecule has 1 aliphatic rings. The molecule has 0 bridgehead atoms. The monoisotopic (exact) mass is 154 g/mol. The maximum absolute atomic E-state index is 11.0. The van der Waals surface area contributed by atoms with Gasteiger partial charge in [0.1, 0.15) is 0 Å². The van der Waals surface area contributed by atoms with Gasteiger partial charge < -0.3 is 0 Å². The van der Waals surface area contributed by atoms with E-state index >= 15 is 0 Å². The van der Waals surface area contributed by atoms with Crippen molar-refractivity contribution in [1.29, 1.82) is 0 Å². The van der Waals surface area contributed by atoms with Crippen molar-refractivity contribution in [2.75, 3.05) is 6.54 Å². The summed E-state index contributed by atoms with van der Waals surface area (Å²) in [5.74, 6) is 1.28. The molecular formula is C9H16NO. The number of hydrogen-bond donors (Lipinski definition) is 0. The minimum atomic E-state index is 0.0897. The normalized spacial score (nSPS) is 17.0. The summed E-state index contributed by atoms with van der Waals surface area (Å²) in [6.45, 7) is 4.88. The largest absolute Gasteiger partial charge is 0.273 e. The van der Waals surface area contributed by atoms with E-state index in [1.165, 1.54) is 12.8 Å². The van der Waals surface area contributed by atoms with E-state index in [1.54, 1.807) is 0 Å². The standard InChI is InChI=1S/C9H16NO/c1-7(2)5-9(11)10-6-8-3-4-8/h7-8H,3-6H2,1-2H3. The van der Waals surface area contributed by atoms with Gasteiger partial charge >= 0.3 is 0 Å². The van der Waals surface area contributed by atoms with E-state index < -0.39 is 0 Å². The topological polar surface area (TPSA) is 31.2 Å². The molecule has 0 aromatic carbocycles. The summed E-state index contributed by atoms with van der Waals surface area (Å²) in [6, 6.07) is 0. The van der Waals surface area contributed by atoms with Crippen molar-refractivity contribution in [3.63, 3.8) is 0 Å². The average Bonchev–Trinajstić information content (AvgIpc) is 2.63. The summed E-state index contributed by atoms with van der Waals surface area (Å²) in [5.41, 5.74) is 0. The summed E-state index contributed by atoms with van der Waals surface area (Å²) in [5, 5.41) is 3.99. The zero-order chi connectivity index (χ0) is 8.27. The SMILES string of the molecule is CC(C)CC(=O)[N]CC1CC1. The van der Waals surface area contributed by atoms with Gasteiger partial charge in [0.2, 0.25) is 5.91 Å². The third kappa shape index (κ3) is 4.02. The van der Waals surface area contributed by atoms with Crippen LogP contribution in [0.2, 0.25) is 0 Å². The molecule has 0 aromatic rings. The number of amides is 1. The maximum Gasteiger partial charge on any atom is 0.241 e. The molecule has 1 radical (unpaired) electrons. The van der Waals surface area contributed by atoms with Gasteiger partial charge in [-0.25, -0.2) is 0 Å². The van der Waals surface area contributed by atoms with E-state index in [0.717, 1.165) is 12.5 Å². The first-order valence-corrected chi connectivity index (χ1v) is 4.39. The van der Waals surface area contributed by atoms with Crippen molar-refractivity contribution in [2.45, 2.75) is 33.1 Å². The van der Waals surface area contributed by atoms with Gasteiger partial charge in [-0.05, 0) is 24.7 Å². The van der Waals surface area contributed by atoms with Crippen molar-refractivity contribution < 1.29 is 4.79 Å². The fourth-order valence-electron chi connectivity index (χ4n) is 0.945. The number of carbonyl (C=O) groups excluding carboxylic acids is 1. The highest BCUT2D eigenvalue weighted by Crippen LogP contribution is 2.27. The van der Waals surface area contributed by atoms with Crippen molar-refractivity contribution in [2.24, 2.45) is 11.8 Å². The Bertz CT molecular complexity index is 138. The summed E-state index contributed by atoms with van der Waals surface area (Å²) in [7, 11) is 0. The summed E-state index contributed by atoms with van der Waals surface area (Å²) >= 11 is 0. The predicted molar refractivity (Wildman–Crippen MR) is 44.2 cm³/mol. The Labute approximate surface area is 68.4 Å². The molecule has 0 N–H and O–H groups in total. The molecule has 0 aliphatic heterocycles. The molecule has 0 atom stereocenters. The zero-order valence-electron chi connectivity index (χ0n) is 7.34. The van der Waals surface area contributed by atoms with Crippen molar-refractivity contribution in [3.8, 4) is 0 Å². The van der Waals surface area contributed by atoms with E-state index in [1.807, 2.05) is 13.8 Å². The third-order valence-electron chi connectivity index (χ3n) is 1.81. The summed E-state index contributed by atoms with van der Waals surface area (Å²) in [4.78, 5) is 11.0. The van der Waals surface area contributed by atoms with Crippen LogP contribution in [-0.4, -0.2) is 12.5 Å². The first kappa shape index (κ1) is 8.57. The van der Waals surface area contributed by atoms with Gasteiger partial charge in [0.15, 0.2) is 0 Å². The van der Waals surface area contributed by atoms with Crippen molar-refractivity contribution in [3.05, 3.63) is 0 Å². The maximum atomic E-state index is 11.0.